The van der Waals surface area contributed by atoms with Crippen LogP contribution in [0.1, 0.15) is 6.92 Å². The molecule has 0 aliphatic heterocycles. The first kappa shape index (κ1) is 18.4. The van der Waals surface area contributed by atoms with Crippen LogP contribution in [0.25, 0.3) is 0 Å². The standard InChI is InChI=1S/C16H13Cl3N2O3/c1-9(22)20-10-2-4-13(18)15(6-10)21-16(23)8-24-11-3-5-12(17)14(19)7-11/h2-7H,8H2,1H3,(H,20,22)(H,21,23). The smallest absolute Gasteiger partial charge is 0.262 e. The number of amides is 2. The summed E-state index contributed by atoms with van der Waals surface area (Å²) >= 11 is 17.7. The number of rotatable bonds is 5. The maximum absolute atomic E-state index is 12.0. The van der Waals surface area contributed by atoms with E-state index in [1.807, 2.05) is 0 Å². The Morgan fingerprint density at radius 1 is 0.958 bits per heavy atom. The van der Waals surface area contributed by atoms with E-state index < -0.39 is 5.91 Å². The molecule has 2 amide bonds. The van der Waals surface area contributed by atoms with Gasteiger partial charge in [-0.05, 0) is 30.3 Å². The third kappa shape index (κ3) is 5.30. The number of benzene rings is 2. The average molecular weight is 388 g/mol. The van der Waals surface area contributed by atoms with E-state index in [4.69, 9.17) is 39.5 Å². The minimum atomic E-state index is -0.414. The Morgan fingerprint density at radius 2 is 1.67 bits per heavy atom. The molecular weight excluding hydrogens is 375 g/mol. The van der Waals surface area contributed by atoms with E-state index in [0.29, 0.717) is 32.2 Å². The number of carbonyl (C=O) groups excluding carboxylic acids is 2. The summed E-state index contributed by atoms with van der Waals surface area (Å²) in [4.78, 5) is 23.1. The number of halogens is 3. The second kappa shape index (κ2) is 8.24. The van der Waals surface area contributed by atoms with Gasteiger partial charge < -0.3 is 15.4 Å². The molecule has 0 atom stereocenters. The van der Waals surface area contributed by atoms with Crippen LogP contribution in [0.2, 0.25) is 15.1 Å². The molecule has 2 aromatic carbocycles. The van der Waals surface area contributed by atoms with Gasteiger partial charge in [0.25, 0.3) is 5.91 Å². The van der Waals surface area contributed by atoms with Gasteiger partial charge >= 0.3 is 0 Å². The highest BCUT2D eigenvalue weighted by atomic mass is 35.5. The minimum Gasteiger partial charge on any atom is -0.484 e. The summed E-state index contributed by atoms with van der Waals surface area (Å²) in [6.07, 6.45) is 0. The Kier molecular flexibility index (Phi) is 6.31. The van der Waals surface area contributed by atoms with Crippen LogP contribution < -0.4 is 15.4 Å². The molecule has 2 N–H and O–H groups in total. The highest BCUT2D eigenvalue weighted by Crippen LogP contribution is 2.27. The summed E-state index contributed by atoms with van der Waals surface area (Å²) in [7, 11) is 0. The molecule has 0 aliphatic carbocycles. The molecule has 0 fully saturated rings. The van der Waals surface area contributed by atoms with Crippen molar-refractivity contribution in [2.24, 2.45) is 0 Å². The first-order chi connectivity index (χ1) is 11.3. The predicted octanol–water partition coefficient (Wildman–Crippen LogP) is 4.62. The summed E-state index contributed by atoms with van der Waals surface area (Å²) < 4.78 is 5.34. The lowest BCUT2D eigenvalue weighted by molar-refractivity contribution is -0.118. The molecule has 0 aromatic heterocycles. The Labute approximate surface area is 153 Å². The molecule has 2 aromatic rings. The van der Waals surface area contributed by atoms with Crippen LogP contribution in [-0.4, -0.2) is 18.4 Å². The van der Waals surface area contributed by atoms with Crippen LogP contribution in [0.5, 0.6) is 5.75 Å². The van der Waals surface area contributed by atoms with Crippen molar-refractivity contribution < 1.29 is 14.3 Å². The molecular formula is C16H13Cl3N2O3. The van der Waals surface area contributed by atoms with Gasteiger partial charge in [-0.1, -0.05) is 34.8 Å². The average Bonchev–Trinajstić information content (AvgIpc) is 2.51. The SMILES string of the molecule is CC(=O)Nc1ccc(Cl)c(NC(=O)COc2ccc(Cl)c(Cl)c2)c1. The molecule has 5 nitrogen and oxygen atoms in total. The van der Waals surface area contributed by atoms with Gasteiger partial charge in [-0.15, -0.1) is 0 Å². The van der Waals surface area contributed by atoms with Crippen LogP contribution in [0, 0.1) is 0 Å². The summed E-state index contributed by atoms with van der Waals surface area (Å²) in [5.41, 5.74) is 0.887. The molecule has 8 heteroatoms. The molecule has 0 unspecified atom stereocenters. The van der Waals surface area contributed by atoms with Crippen molar-refractivity contribution in [3.8, 4) is 5.75 Å². The normalized spacial score (nSPS) is 10.2. The first-order valence-electron chi connectivity index (χ1n) is 6.80. The van der Waals surface area contributed by atoms with Gasteiger partial charge in [0.2, 0.25) is 5.91 Å². The fourth-order valence-corrected chi connectivity index (χ4v) is 2.26. The van der Waals surface area contributed by atoms with Crippen molar-refractivity contribution in [1.82, 2.24) is 0 Å². The Balaban J connectivity index is 1.98. The monoisotopic (exact) mass is 386 g/mol. The minimum absolute atomic E-state index is 0.224. The van der Waals surface area contributed by atoms with E-state index in [9.17, 15) is 9.59 Å². The Hall–Kier alpha value is -1.95. The summed E-state index contributed by atoms with van der Waals surface area (Å²) in [5.74, 6) is -0.224. The van der Waals surface area contributed by atoms with Crippen molar-refractivity contribution >= 4 is 58.0 Å². The fraction of sp³-hybridized carbons (Fsp3) is 0.125. The second-order valence-corrected chi connectivity index (χ2v) is 6.01. The lowest BCUT2D eigenvalue weighted by Gasteiger charge is -2.11. The molecule has 2 rings (SSSR count). The van der Waals surface area contributed by atoms with E-state index in [1.165, 1.54) is 13.0 Å². The van der Waals surface area contributed by atoms with Crippen LogP contribution in [0.3, 0.4) is 0 Å². The zero-order chi connectivity index (χ0) is 17.7. The van der Waals surface area contributed by atoms with E-state index in [-0.39, 0.29) is 12.5 Å². The van der Waals surface area contributed by atoms with Crippen molar-refractivity contribution in [3.05, 3.63) is 51.5 Å². The number of carbonyl (C=O) groups is 2. The number of anilines is 2. The molecule has 0 saturated heterocycles. The predicted molar refractivity (Wildman–Crippen MR) is 96.3 cm³/mol. The van der Waals surface area contributed by atoms with Crippen LogP contribution in [0.15, 0.2) is 36.4 Å². The molecule has 0 bridgehead atoms. The molecule has 0 aliphatic rings. The maximum Gasteiger partial charge on any atom is 0.262 e. The molecule has 0 radical (unpaired) electrons. The summed E-state index contributed by atoms with van der Waals surface area (Å²) in [6, 6.07) is 9.45. The molecule has 0 saturated carbocycles. The van der Waals surface area contributed by atoms with Crippen molar-refractivity contribution in [2.45, 2.75) is 6.92 Å². The van der Waals surface area contributed by atoms with E-state index in [1.54, 1.807) is 30.3 Å². The highest BCUT2D eigenvalue weighted by Gasteiger charge is 2.09. The van der Waals surface area contributed by atoms with Crippen molar-refractivity contribution in [2.75, 3.05) is 17.2 Å². The van der Waals surface area contributed by atoms with Gasteiger partial charge in [-0.25, -0.2) is 0 Å². The van der Waals surface area contributed by atoms with Gasteiger partial charge in [0.1, 0.15) is 5.75 Å². The van der Waals surface area contributed by atoms with Gasteiger partial charge in [-0.2, -0.15) is 0 Å². The Bertz CT molecular complexity index is 781. The molecule has 0 spiro atoms. The molecule has 24 heavy (non-hydrogen) atoms. The maximum atomic E-state index is 12.0. The van der Waals surface area contributed by atoms with E-state index >= 15 is 0 Å². The number of hydrogen-bond acceptors (Lipinski definition) is 3. The number of ether oxygens (including phenoxy) is 1. The van der Waals surface area contributed by atoms with Crippen LogP contribution in [0.4, 0.5) is 11.4 Å². The van der Waals surface area contributed by atoms with Gasteiger partial charge in [0.05, 0.1) is 20.8 Å². The van der Waals surface area contributed by atoms with Crippen molar-refractivity contribution in [1.29, 1.82) is 0 Å². The quantitative estimate of drug-likeness (QED) is 0.786. The van der Waals surface area contributed by atoms with Gasteiger partial charge in [0, 0.05) is 18.7 Å². The van der Waals surface area contributed by atoms with E-state index in [0.717, 1.165) is 0 Å². The zero-order valence-electron chi connectivity index (χ0n) is 12.5. The zero-order valence-corrected chi connectivity index (χ0v) is 14.8. The summed E-state index contributed by atoms with van der Waals surface area (Å²) in [5, 5.41) is 6.29. The Morgan fingerprint density at radius 3 is 2.33 bits per heavy atom. The first-order valence-corrected chi connectivity index (χ1v) is 7.93. The van der Waals surface area contributed by atoms with E-state index in [2.05, 4.69) is 10.6 Å². The number of nitrogens with one attached hydrogen (secondary N) is 2. The number of hydrogen-bond donors (Lipinski definition) is 2. The lowest BCUT2D eigenvalue weighted by Crippen LogP contribution is -2.20. The summed E-state index contributed by atoms with van der Waals surface area (Å²) in [6.45, 7) is 1.15. The van der Waals surface area contributed by atoms with Gasteiger partial charge in [0.15, 0.2) is 6.61 Å². The van der Waals surface area contributed by atoms with Gasteiger partial charge in [-0.3, -0.25) is 9.59 Å². The molecule has 126 valence electrons. The third-order valence-corrected chi connectivity index (χ3v) is 3.89. The molecule has 0 heterocycles. The van der Waals surface area contributed by atoms with Crippen LogP contribution in [-0.2, 0) is 9.59 Å². The largest absolute Gasteiger partial charge is 0.484 e. The fourth-order valence-electron chi connectivity index (χ4n) is 1.80. The highest BCUT2D eigenvalue weighted by molar-refractivity contribution is 6.42. The lowest BCUT2D eigenvalue weighted by atomic mass is 10.2. The third-order valence-electron chi connectivity index (χ3n) is 2.82. The van der Waals surface area contributed by atoms with Crippen molar-refractivity contribution in [3.63, 3.8) is 0 Å². The second-order valence-electron chi connectivity index (χ2n) is 4.79. The topological polar surface area (TPSA) is 67.4 Å². The van der Waals surface area contributed by atoms with Crippen LogP contribution >= 0.6 is 34.8 Å².